The van der Waals surface area contributed by atoms with Crippen molar-refractivity contribution in [2.75, 3.05) is 6.61 Å². The van der Waals surface area contributed by atoms with Crippen LogP contribution in [0.3, 0.4) is 0 Å². The topological polar surface area (TPSA) is 83.8 Å². The number of hydrogen-bond acceptors (Lipinski definition) is 6. The predicted molar refractivity (Wildman–Crippen MR) is 190 cm³/mol. The van der Waals surface area contributed by atoms with Gasteiger partial charge in [-0.2, -0.15) is 0 Å². The van der Waals surface area contributed by atoms with Crippen molar-refractivity contribution >= 4 is 25.2 Å². The van der Waals surface area contributed by atoms with Gasteiger partial charge in [0.05, 0.1) is 5.39 Å². The van der Waals surface area contributed by atoms with E-state index in [1.807, 2.05) is 86.0 Å². The molecule has 47 heavy (non-hydrogen) atoms. The first-order chi connectivity index (χ1) is 22.4. The monoisotopic (exact) mass is 651 g/mol. The van der Waals surface area contributed by atoms with Gasteiger partial charge >= 0.3 is 6.09 Å². The van der Waals surface area contributed by atoms with Crippen LogP contribution in [0.1, 0.15) is 31.9 Å². The highest BCUT2D eigenvalue weighted by Crippen LogP contribution is 2.39. The van der Waals surface area contributed by atoms with Crippen molar-refractivity contribution in [2.24, 2.45) is 0 Å². The van der Waals surface area contributed by atoms with E-state index in [2.05, 4.69) is 55.4 Å². The number of benzene rings is 3. The quantitative estimate of drug-likeness (QED) is 0.101. The number of aromatic nitrogens is 2. The van der Waals surface area contributed by atoms with Crippen molar-refractivity contribution in [3.8, 4) is 28.4 Å². The Balaban J connectivity index is 1.40. The Kier molecular flexibility index (Phi) is 10.7. The summed E-state index contributed by atoms with van der Waals surface area (Å²) in [5.74, 6) is 2.13. The molecule has 2 heterocycles. The van der Waals surface area contributed by atoms with Crippen LogP contribution < -0.4 is 14.8 Å². The number of alkyl carbamates (subject to hydrolysis) is 1. The van der Waals surface area contributed by atoms with Crippen molar-refractivity contribution in [1.82, 2.24) is 14.9 Å². The number of pyridine rings is 1. The fraction of sp³-hybridized carbons (Fsp3) is 0.316. The second-order valence-electron chi connectivity index (χ2n) is 13.8. The Morgan fingerprint density at radius 1 is 0.894 bits per heavy atom. The lowest BCUT2D eigenvalue weighted by Crippen LogP contribution is -2.32. The van der Waals surface area contributed by atoms with Gasteiger partial charge in [0.1, 0.15) is 41.8 Å². The van der Waals surface area contributed by atoms with E-state index in [0.29, 0.717) is 38.0 Å². The summed E-state index contributed by atoms with van der Waals surface area (Å²) >= 11 is 0. The van der Waals surface area contributed by atoms with Gasteiger partial charge in [-0.15, -0.1) is 0 Å². The van der Waals surface area contributed by atoms with Crippen LogP contribution in [-0.4, -0.2) is 35.9 Å². The molecule has 0 atom stereocenters. The zero-order valence-corrected chi connectivity index (χ0v) is 29.2. The van der Waals surface area contributed by atoms with Gasteiger partial charge in [-0.3, -0.25) is 0 Å². The number of ether oxygens (including phenoxy) is 4. The average Bonchev–Trinajstić information content (AvgIpc) is 3.41. The smallest absolute Gasteiger partial charge is 0.407 e. The van der Waals surface area contributed by atoms with Crippen LogP contribution in [0.2, 0.25) is 25.7 Å². The van der Waals surface area contributed by atoms with Gasteiger partial charge in [-0.05, 0) is 73.8 Å². The molecule has 1 amide bonds. The fourth-order valence-electron chi connectivity index (χ4n) is 4.91. The number of amides is 1. The van der Waals surface area contributed by atoms with Gasteiger partial charge < -0.3 is 28.8 Å². The SMILES string of the molecule is CC(C)(C)OC(=O)NCc1ccc(Oc2ccnc3c2c(-c2cccc(OCc4ccccc4)c2)cn3COCC[Si](C)(C)C)cc1. The summed E-state index contributed by atoms with van der Waals surface area (Å²) in [5, 5.41) is 3.68. The van der Waals surface area contributed by atoms with Crippen molar-refractivity contribution in [3.05, 3.63) is 108 Å². The van der Waals surface area contributed by atoms with Gasteiger partial charge in [-0.1, -0.05) is 74.2 Å². The molecular weight excluding hydrogens is 607 g/mol. The lowest BCUT2D eigenvalue weighted by molar-refractivity contribution is 0.0523. The standard InChI is InChI=1S/C38H45N3O5Si/c1-38(2,3)46-37(42)40-24-28-15-17-31(18-16-28)45-34-19-20-39-36-35(34)33(25-41(36)27-43-21-22-47(4,5)6)30-13-10-14-32(23-30)44-26-29-11-8-7-9-12-29/h7-20,23,25H,21-22,24,26-27H2,1-6H3,(H,40,42). The maximum Gasteiger partial charge on any atom is 0.407 e. The highest BCUT2D eigenvalue weighted by Gasteiger charge is 2.19. The highest BCUT2D eigenvalue weighted by atomic mass is 28.3. The van der Waals surface area contributed by atoms with E-state index in [4.69, 9.17) is 23.9 Å². The predicted octanol–water partition coefficient (Wildman–Crippen LogP) is 9.41. The van der Waals surface area contributed by atoms with Gasteiger partial charge in [0, 0.05) is 39.2 Å². The Hall–Kier alpha value is -4.60. The first kappa shape index (κ1) is 33.8. The molecule has 0 aliphatic carbocycles. The molecular formula is C38H45N3O5Si. The minimum atomic E-state index is -1.22. The van der Waals surface area contributed by atoms with E-state index >= 15 is 0 Å². The first-order valence-electron chi connectivity index (χ1n) is 16.0. The lowest BCUT2D eigenvalue weighted by atomic mass is 10.1. The van der Waals surface area contributed by atoms with Crippen molar-refractivity contribution in [3.63, 3.8) is 0 Å². The molecule has 2 aromatic heterocycles. The van der Waals surface area contributed by atoms with Crippen LogP contribution in [0.4, 0.5) is 4.79 Å². The molecule has 0 spiro atoms. The summed E-state index contributed by atoms with van der Waals surface area (Å²) in [4.78, 5) is 16.8. The molecule has 0 aliphatic heterocycles. The molecule has 5 aromatic rings. The molecule has 0 radical (unpaired) electrons. The van der Waals surface area contributed by atoms with Gasteiger partial charge in [0.15, 0.2) is 0 Å². The molecule has 0 aliphatic rings. The van der Waals surface area contributed by atoms with Crippen molar-refractivity contribution < 1.29 is 23.7 Å². The third-order valence-corrected chi connectivity index (χ3v) is 9.03. The van der Waals surface area contributed by atoms with Crippen LogP contribution >= 0.6 is 0 Å². The summed E-state index contributed by atoms with van der Waals surface area (Å²) in [6.45, 7) is 14.5. The molecule has 0 saturated heterocycles. The maximum atomic E-state index is 12.1. The molecule has 0 saturated carbocycles. The van der Waals surface area contributed by atoms with E-state index in [1.165, 1.54) is 0 Å². The summed E-state index contributed by atoms with van der Waals surface area (Å²) < 4.78 is 26.2. The van der Waals surface area contributed by atoms with Crippen LogP contribution in [0.15, 0.2) is 97.3 Å². The number of hydrogen-bond donors (Lipinski definition) is 1. The van der Waals surface area contributed by atoms with Crippen LogP contribution in [0, 0.1) is 0 Å². The third-order valence-electron chi connectivity index (χ3n) is 7.33. The minimum Gasteiger partial charge on any atom is -0.489 e. The van der Waals surface area contributed by atoms with Gasteiger partial charge in [-0.25, -0.2) is 9.78 Å². The second-order valence-corrected chi connectivity index (χ2v) is 19.4. The highest BCUT2D eigenvalue weighted by molar-refractivity contribution is 6.76. The Labute approximate surface area is 278 Å². The first-order valence-corrected chi connectivity index (χ1v) is 19.7. The summed E-state index contributed by atoms with van der Waals surface area (Å²) in [6.07, 6.45) is 3.40. The van der Waals surface area contributed by atoms with Crippen molar-refractivity contribution in [1.29, 1.82) is 0 Å². The maximum absolute atomic E-state index is 12.1. The minimum absolute atomic E-state index is 0.349. The molecule has 1 N–H and O–H groups in total. The lowest BCUT2D eigenvalue weighted by Gasteiger charge is -2.19. The molecule has 5 rings (SSSR count). The Morgan fingerprint density at radius 2 is 1.66 bits per heavy atom. The molecule has 3 aromatic carbocycles. The fourth-order valence-corrected chi connectivity index (χ4v) is 5.67. The summed E-state index contributed by atoms with van der Waals surface area (Å²) in [6, 6.07) is 28.9. The van der Waals surface area contributed by atoms with E-state index < -0.39 is 19.8 Å². The normalized spacial score (nSPS) is 11.8. The zero-order chi connectivity index (χ0) is 33.4. The van der Waals surface area contributed by atoms with Gasteiger partial charge in [0.25, 0.3) is 0 Å². The zero-order valence-electron chi connectivity index (χ0n) is 28.2. The van der Waals surface area contributed by atoms with Crippen LogP contribution in [0.5, 0.6) is 17.2 Å². The molecule has 9 heteroatoms. The van der Waals surface area contributed by atoms with E-state index in [9.17, 15) is 4.79 Å². The molecule has 246 valence electrons. The van der Waals surface area contributed by atoms with E-state index in [-0.39, 0.29) is 0 Å². The van der Waals surface area contributed by atoms with Crippen LogP contribution in [-0.2, 0) is 29.4 Å². The Morgan fingerprint density at radius 3 is 2.38 bits per heavy atom. The number of nitrogens with zero attached hydrogens (tertiary/aromatic N) is 2. The molecule has 0 fully saturated rings. The summed E-state index contributed by atoms with van der Waals surface area (Å²) in [7, 11) is -1.22. The van der Waals surface area contributed by atoms with Crippen LogP contribution in [0.25, 0.3) is 22.2 Å². The van der Waals surface area contributed by atoms with Crippen molar-refractivity contribution in [2.45, 2.75) is 71.9 Å². The third kappa shape index (κ3) is 9.94. The van der Waals surface area contributed by atoms with E-state index in [1.54, 1.807) is 6.20 Å². The largest absolute Gasteiger partial charge is 0.489 e. The van der Waals surface area contributed by atoms with Gasteiger partial charge in [0.2, 0.25) is 0 Å². The number of carbonyl (C=O) groups is 1. The summed E-state index contributed by atoms with van der Waals surface area (Å²) in [5.41, 5.74) is 4.23. The van der Waals surface area contributed by atoms with E-state index in [0.717, 1.165) is 45.1 Å². The number of nitrogens with one attached hydrogen (secondary N) is 1. The number of rotatable bonds is 13. The average molecular weight is 652 g/mol. The Bertz CT molecular complexity index is 1770. The molecule has 0 unspecified atom stereocenters. The number of fused-ring (bicyclic) bond motifs is 1. The second kappa shape index (κ2) is 14.9. The molecule has 0 bridgehead atoms. The molecule has 8 nitrogen and oxygen atoms in total. The number of carbonyl (C=O) groups excluding carboxylic acids is 1.